The zero-order valence-electron chi connectivity index (χ0n) is 10.6. The van der Waals surface area contributed by atoms with Crippen LogP contribution in [0.4, 0.5) is 0 Å². The fraction of sp³-hybridized carbons (Fsp3) is 0.833. The Labute approximate surface area is 101 Å². The van der Waals surface area contributed by atoms with Crippen LogP contribution in [0.3, 0.4) is 0 Å². The Bertz CT molecular complexity index is 362. The largest absolute Gasteiger partial charge is 0.464 e. The Morgan fingerprint density at radius 1 is 0.882 bits per heavy atom. The van der Waals surface area contributed by atoms with E-state index in [1.165, 1.54) is 0 Å². The monoisotopic (exact) mass is 242 g/mol. The van der Waals surface area contributed by atoms with Gasteiger partial charge in [-0.1, -0.05) is 6.58 Å². The van der Waals surface area contributed by atoms with Crippen molar-refractivity contribution >= 4 is 0 Å². The second-order valence-corrected chi connectivity index (χ2v) is 5.57. The van der Waals surface area contributed by atoms with E-state index in [1.54, 1.807) is 0 Å². The van der Waals surface area contributed by atoms with Crippen LogP contribution >= 0.6 is 0 Å². The second-order valence-electron chi connectivity index (χ2n) is 5.57. The van der Waals surface area contributed by atoms with Crippen molar-refractivity contribution in [3.05, 3.63) is 12.3 Å². The van der Waals surface area contributed by atoms with Crippen molar-refractivity contribution in [1.82, 2.24) is 0 Å². The van der Waals surface area contributed by atoms with Gasteiger partial charge in [0.1, 0.15) is 18.0 Å². The van der Waals surface area contributed by atoms with Gasteiger partial charge >= 0.3 is 0 Å². The van der Waals surface area contributed by atoms with Crippen LogP contribution in [0.5, 0.6) is 0 Å². The molecule has 5 nitrogen and oxygen atoms in total. The summed E-state index contributed by atoms with van der Waals surface area (Å²) in [5.41, 5.74) is 0. The summed E-state index contributed by atoms with van der Waals surface area (Å²) in [6, 6.07) is 0. The first-order chi connectivity index (χ1) is 7.77. The topological polar surface area (TPSA) is 46.2 Å². The van der Waals surface area contributed by atoms with Gasteiger partial charge in [-0.15, -0.1) is 0 Å². The van der Waals surface area contributed by atoms with E-state index >= 15 is 0 Å². The lowest BCUT2D eigenvalue weighted by atomic mass is 10.0. The molecule has 0 amide bonds. The molecule has 3 saturated heterocycles. The van der Waals surface area contributed by atoms with E-state index in [1.807, 2.05) is 27.7 Å². The molecule has 3 fully saturated rings. The molecule has 0 radical (unpaired) electrons. The van der Waals surface area contributed by atoms with Gasteiger partial charge in [-0.2, -0.15) is 0 Å². The molecule has 3 aliphatic rings. The molecule has 3 rings (SSSR count). The van der Waals surface area contributed by atoms with E-state index < -0.39 is 17.9 Å². The minimum Gasteiger partial charge on any atom is -0.464 e. The number of hydrogen-bond donors (Lipinski definition) is 0. The van der Waals surface area contributed by atoms with E-state index in [4.69, 9.17) is 23.7 Å². The molecule has 0 spiro atoms. The first-order valence-corrected chi connectivity index (χ1v) is 5.84. The summed E-state index contributed by atoms with van der Waals surface area (Å²) in [7, 11) is 0. The molecular formula is C12H18O5. The zero-order chi connectivity index (χ0) is 12.4. The van der Waals surface area contributed by atoms with Gasteiger partial charge in [0.2, 0.25) is 6.29 Å². The molecule has 3 aliphatic heterocycles. The van der Waals surface area contributed by atoms with Gasteiger partial charge in [-0.3, -0.25) is 0 Å². The number of fused-ring (bicyclic) bond motifs is 3. The fourth-order valence-electron chi connectivity index (χ4n) is 2.57. The molecule has 0 aliphatic carbocycles. The SMILES string of the molecule is C=C1O[C@H]2OC(C)(C)O[C@H]2[C@@H]2OC(C)(C)O[C@H]12. The van der Waals surface area contributed by atoms with Gasteiger partial charge in [0.05, 0.1) is 0 Å². The predicted octanol–water partition coefficient (Wildman–Crippen LogP) is 1.53. The maximum Gasteiger partial charge on any atom is 0.231 e. The average molecular weight is 242 g/mol. The third-order valence-electron chi connectivity index (χ3n) is 3.13. The smallest absolute Gasteiger partial charge is 0.231 e. The third kappa shape index (κ3) is 1.78. The van der Waals surface area contributed by atoms with Gasteiger partial charge < -0.3 is 23.7 Å². The Hall–Kier alpha value is -0.620. The van der Waals surface area contributed by atoms with Crippen molar-refractivity contribution < 1.29 is 23.7 Å². The summed E-state index contributed by atoms with van der Waals surface area (Å²) >= 11 is 0. The van der Waals surface area contributed by atoms with Gasteiger partial charge in [-0.05, 0) is 27.7 Å². The predicted molar refractivity (Wildman–Crippen MR) is 57.9 cm³/mol. The molecule has 0 aromatic heterocycles. The molecule has 4 atom stereocenters. The lowest BCUT2D eigenvalue weighted by molar-refractivity contribution is -0.187. The van der Waals surface area contributed by atoms with Gasteiger partial charge in [0.15, 0.2) is 17.7 Å². The number of hydrogen-bond acceptors (Lipinski definition) is 5. The van der Waals surface area contributed by atoms with Crippen LogP contribution in [-0.2, 0) is 23.7 Å². The van der Waals surface area contributed by atoms with E-state index in [0.29, 0.717) is 5.76 Å². The summed E-state index contributed by atoms with van der Waals surface area (Å²) in [5.74, 6) is -0.768. The van der Waals surface area contributed by atoms with Crippen LogP contribution in [0.1, 0.15) is 27.7 Å². The molecule has 0 unspecified atom stereocenters. The van der Waals surface area contributed by atoms with Gasteiger partial charge in [-0.25, -0.2) is 0 Å². The van der Waals surface area contributed by atoms with Crippen LogP contribution in [0.25, 0.3) is 0 Å². The zero-order valence-corrected chi connectivity index (χ0v) is 10.6. The minimum atomic E-state index is -0.666. The highest BCUT2D eigenvalue weighted by Gasteiger charge is 2.59. The van der Waals surface area contributed by atoms with Crippen molar-refractivity contribution in [2.24, 2.45) is 0 Å². The first-order valence-electron chi connectivity index (χ1n) is 5.84. The van der Waals surface area contributed by atoms with Gasteiger partial charge in [0.25, 0.3) is 0 Å². The van der Waals surface area contributed by atoms with Crippen molar-refractivity contribution in [1.29, 1.82) is 0 Å². The summed E-state index contributed by atoms with van der Waals surface area (Å²) in [6.45, 7) is 11.3. The quantitative estimate of drug-likeness (QED) is 0.644. The van der Waals surface area contributed by atoms with E-state index in [0.717, 1.165) is 0 Å². The molecule has 0 aromatic rings. The van der Waals surface area contributed by atoms with Crippen molar-refractivity contribution in [3.8, 4) is 0 Å². The average Bonchev–Trinajstić information content (AvgIpc) is 2.62. The van der Waals surface area contributed by atoms with Crippen molar-refractivity contribution in [2.75, 3.05) is 0 Å². The van der Waals surface area contributed by atoms with Crippen LogP contribution < -0.4 is 0 Å². The Kier molecular flexibility index (Phi) is 2.18. The van der Waals surface area contributed by atoms with Gasteiger partial charge in [0, 0.05) is 0 Å². The molecule has 5 heteroatoms. The number of ether oxygens (including phenoxy) is 5. The highest BCUT2D eigenvalue weighted by molar-refractivity contribution is 5.10. The lowest BCUT2D eigenvalue weighted by Gasteiger charge is -2.32. The molecule has 17 heavy (non-hydrogen) atoms. The highest BCUT2D eigenvalue weighted by Crippen LogP contribution is 2.44. The molecule has 0 bridgehead atoms. The maximum absolute atomic E-state index is 5.86. The molecule has 0 aromatic carbocycles. The van der Waals surface area contributed by atoms with E-state index in [-0.39, 0.29) is 18.3 Å². The van der Waals surface area contributed by atoms with E-state index in [2.05, 4.69) is 6.58 Å². The maximum atomic E-state index is 5.86. The highest BCUT2D eigenvalue weighted by atomic mass is 16.9. The van der Waals surface area contributed by atoms with Crippen LogP contribution in [-0.4, -0.2) is 36.2 Å². The second kappa shape index (κ2) is 3.23. The Morgan fingerprint density at radius 2 is 1.47 bits per heavy atom. The molecule has 0 saturated carbocycles. The molecule has 3 heterocycles. The normalized spacial score (nSPS) is 46.2. The molecule has 0 N–H and O–H groups in total. The minimum absolute atomic E-state index is 0.224. The summed E-state index contributed by atoms with van der Waals surface area (Å²) in [5, 5.41) is 0. The van der Waals surface area contributed by atoms with Crippen LogP contribution in [0.2, 0.25) is 0 Å². The number of rotatable bonds is 0. The third-order valence-corrected chi connectivity index (χ3v) is 3.13. The Morgan fingerprint density at radius 3 is 2.18 bits per heavy atom. The summed E-state index contributed by atoms with van der Waals surface area (Å²) < 4.78 is 28.7. The summed E-state index contributed by atoms with van der Waals surface area (Å²) in [6.07, 6.45) is -1.25. The standard InChI is InChI=1S/C12H18O5/c1-6-7-8(15-11(2,3)14-7)9-10(13-6)17-12(4,5)16-9/h7-10H,1H2,2-5H3/t7-,8-,9+,10+/m1/s1. The van der Waals surface area contributed by atoms with Crippen LogP contribution in [0.15, 0.2) is 12.3 Å². The first kappa shape index (κ1) is 11.5. The van der Waals surface area contributed by atoms with Crippen molar-refractivity contribution in [3.63, 3.8) is 0 Å². The fourth-order valence-corrected chi connectivity index (χ4v) is 2.57. The Balaban J connectivity index is 1.88. The molecular weight excluding hydrogens is 224 g/mol. The summed E-state index contributed by atoms with van der Waals surface area (Å²) in [4.78, 5) is 0. The lowest BCUT2D eigenvalue weighted by Crippen LogP contribution is -2.48. The van der Waals surface area contributed by atoms with Crippen molar-refractivity contribution in [2.45, 2.75) is 63.9 Å². The van der Waals surface area contributed by atoms with Crippen LogP contribution in [0, 0.1) is 0 Å². The molecule has 96 valence electrons. The van der Waals surface area contributed by atoms with E-state index in [9.17, 15) is 0 Å².